The molecule has 0 unspecified atom stereocenters. The predicted octanol–water partition coefficient (Wildman–Crippen LogP) is 10.7. The summed E-state index contributed by atoms with van der Waals surface area (Å²) in [5, 5.41) is 7.24. The maximum Gasteiger partial charge on any atom is 0.160 e. The Morgan fingerprint density at radius 1 is 0.395 bits per heavy atom. The van der Waals surface area contributed by atoms with Gasteiger partial charge in [-0.3, -0.25) is 0 Å². The van der Waals surface area contributed by atoms with Crippen LogP contribution >= 0.6 is 11.3 Å². The summed E-state index contributed by atoms with van der Waals surface area (Å²) in [6, 6.07) is 48.8. The Balaban J connectivity index is 1.31. The summed E-state index contributed by atoms with van der Waals surface area (Å²) in [4.78, 5) is 15.3. The molecule has 43 heavy (non-hydrogen) atoms. The highest BCUT2D eigenvalue weighted by Gasteiger charge is 2.17. The molecule has 9 aromatic rings. The summed E-state index contributed by atoms with van der Waals surface area (Å²) in [5.74, 6) is 0.723. The first-order chi connectivity index (χ1) is 21.3. The number of nitrogens with zero attached hydrogens (tertiary/aromatic N) is 3. The Morgan fingerprint density at radius 2 is 1.00 bits per heavy atom. The highest BCUT2D eigenvalue weighted by atomic mass is 32.1. The highest BCUT2D eigenvalue weighted by Crippen LogP contribution is 2.43. The normalized spacial score (nSPS) is 11.7. The Labute approximate surface area is 251 Å². The third-order valence-corrected chi connectivity index (χ3v) is 9.46. The Bertz CT molecular complexity index is 2510. The van der Waals surface area contributed by atoms with Crippen LogP contribution in [0.25, 0.3) is 86.7 Å². The Morgan fingerprint density at radius 3 is 1.81 bits per heavy atom. The van der Waals surface area contributed by atoms with Crippen LogP contribution in [0.1, 0.15) is 0 Å². The SMILES string of the molecule is c1ccc(-c2nc(-c3cccc(-c4nc5ccccc5c5c4ccc4c6ccccc6sc45)c3)c3ccccc3n2)cc1. The van der Waals surface area contributed by atoms with Gasteiger partial charge in [0.15, 0.2) is 5.82 Å². The van der Waals surface area contributed by atoms with Gasteiger partial charge in [0.05, 0.1) is 22.4 Å². The maximum atomic E-state index is 5.27. The zero-order valence-electron chi connectivity index (χ0n) is 23.0. The molecule has 200 valence electrons. The van der Waals surface area contributed by atoms with Gasteiger partial charge in [-0.2, -0.15) is 0 Å². The lowest BCUT2D eigenvalue weighted by molar-refractivity contribution is 1.23. The zero-order chi connectivity index (χ0) is 28.3. The maximum absolute atomic E-state index is 5.27. The van der Waals surface area contributed by atoms with Crippen molar-refractivity contribution in [1.29, 1.82) is 0 Å². The van der Waals surface area contributed by atoms with E-state index in [1.807, 2.05) is 35.6 Å². The highest BCUT2D eigenvalue weighted by molar-refractivity contribution is 7.26. The molecule has 0 atom stereocenters. The van der Waals surface area contributed by atoms with E-state index >= 15 is 0 Å². The van der Waals surface area contributed by atoms with Crippen molar-refractivity contribution in [3.05, 3.63) is 140 Å². The van der Waals surface area contributed by atoms with E-state index in [1.54, 1.807) is 0 Å². The molecule has 0 fully saturated rings. The molecular formula is C39H23N3S. The first kappa shape index (κ1) is 24.2. The number of pyridine rings is 1. The van der Waals surface area contributed by atoms with Gasteiger partial charge in [0.25, 0.3) is 0 Å². The second kappa shape index (κ2) is 9.55. The van der Waals surface area contributed by atoms with Gasteiger partial charge in [-0.1, -0.05) is 115 Å². The number of hydrogen-bond donors (Lipinski definition) is 0. The standard InChI is InChI=1S/C39H23N3S/c1-2-11-24(12-3-1)39-41-33-19-8-5-17-30(33)36(42-39)25-13-10-14-26(23-25)37-31-22-21-28-27-15-6-9-20-34(27)43-38(28)35(31)29-16-4-7-18-32(29)40-37/h1-23H. The molecule has 6 aromatic carbocycles. The van der Waals surface area contributed by atoms with Crippen LogP contribution in [-0.4, -0.2) is 15.0 Å². The van der Waals surface area contributed by atoms with Crippen LogP contribution in [0.2, 0.25) is 0 Å². The van der Waals surface area contributed by atoms with Gasteiger partial charge in [0.2, 0.25) is 0 Å². The fraction of sp³-hybridized carbons (Fsp3) is 0. The molecule has 0 saturated carbocycles. The third kappa shape index (κ3) is 3.84. The summed E-state index contributed by atoms with van der Waals surface area (Å²) < 4.78 is 2.61. The third-order valence-electron chi connectivity index (χ3n) is 8.25. The second-order valence-electron chi connectivity index (χ2n) is 10.8. The van der Waals surface area contributed by atoms with Gasteiger partial charge in [0, 0.05) is 58.4 Å². The predicted molar refractivity (Wildman–Crippen MR) is 182 cm³/mol. The van der Waals surface area contributed by atoms with Crippen molar-refractivity contribution in [2.24, 2.45) is 0 Å². The van der Waals surface area contributed by atoms with Crippen molar-refractivity contribution in [1.82, 2.24) is 15.0 Å². The lowest BCUT2D eigenvalue weighted by Gasteiger charge is -2.13. The monoisotopic (exact) mass is 565 g/mol. The van der Waals surface area contributed by atoms with Crippen molar-refractivity contribution in [2.45, 2.75) is 0 Å². The van der Waals surface area contributed by atoms with Gasteiger partial charge >= 0.3 is 0 Å². The molecule has 0 saturated heterocycles. The van der Waals surface area contributed by atoms with Gasteiger partial charge in [-0.25, -0.2) is 15.0 Å². The molecule has 4 heteroatoms. The van der Waals surface area contributed by atoms with Crippen molar-refractivity contribution in [3.63, 3.8) is 0 Å². The van der Waals surface area contributed by atoms with Crippen LogP contribution < -0.4 is 0 Å². The van der Waals surface area contributed by atoms with E-state index < -0.39 is 0 Å². The van der Waals surface area contributed by atoms with Crippen molar-refractivity contribution in [2.75, 3.05) is 0 Å². The van der Waals surface area contributed by atoms with Crippen molar-refractivity contribution >= 4 is 64.1 Å². The molecule has 9 rings (SSSR count). The average molecular weight is 566 g/mol. The molecule has 3 heterocycles. The first-order valence-corrected chi connectivity index (χ1v) is 15.2. The summed E-state index contributed by atoms with van der Waals surface area (Å²) in [7, 11) is 0. The minimum atomic E-state index is 0.723. The molecule has 0 aliphatic carbocycles. The second-order valence-corrected chi connectivity index (χ2v) is 11.9. The molecule has 0 aliphatic rings. The molecule has 0 amide bonds. The number of hydrogen-bond acceptors (Lipinski definition) is 4. The fourth-order valence-corrected chi connectivity index (χ4v) is 7.53. The van der Waals surface area contributed by atoms with E-state index in [0.717, 1.165) is 55.7 Å². The van der Waals surface area contributed by atoms with Gasteiger partial charge in [-0.05, 0) is 24.3 Å². The van der Waals surface area contributed by atoms with E-state index in [4.69, 9.17) is 15.0 Å². The van der Waals surface area contributed by atoms with E-state index in [0.29, 0.717) is 0 Å². The largest absolute Gasteiger partial charge is 0.247 e. The van der Waals surface area contributed by atoms with Crippen LogP contribution in [0.15, 0.2) is 140 Å². The Kier molecular flexibility index (Phi) is 5.37. The van der Waals surface area contributed by atoms with Crippen molar-refractivity contribution in [3.8, 4) is 33.9 Å². The number of benzene rings is 6. The van der Waals surface area contributed by atoms with Gasteiger partial charge < -0.3 is 0 Å². The number of aromatic nitrogens is 3. The van der Waals surface area contributed by atoms with Crippen LogP contribution in [0.4, 0.5) is 0 Å². The zero-order valence-corrected chi connectivity index (χ0v) is 23.8. The molecular weight excluding hydrogens is 543 g/mol. The lowest BCUT2D eigenvalue weighted by atomic mass is 9.96. The van der Waals surface area contributed by atoms with Crippen LogP contribution in [0.3, 0.4) is 0 Å². The van der Waals surface area contributed by atoms with Gasteiger partial charge in [-0.15, -0.1) is 11.3 Å². The number of fused-ring (bicyclic) bond motifs is 8. The molecule has 0 N–H and O–H groups in total. The molecule has 3 nitrogen and oxygen atoms in total. The van der Waals surface area contributed by atoms with Crippen LogP contribution in [-0.2, 0) is 0 Å². The van der Waals surface area contributed by atoms with Crippen LogP contribution in [0.5, 0.6) is 0 Å². The number of rotatable bonds is 3. The molecule has 3 aromatic heterocycles. The van der Waals surface area contributed by atoms with Crippen LogP contribution in [0, 0.1) is 0 Å². The van der Waals surface area contributed by atoms with E-state index in [9.17, 15) is 0 Å². The van der Waals surface area contributed by atoms with Crippen molar-refractivity contribution < 1.29 is 0 Å². The smallest absolute Gasteiger partial charge is 0.160 e. The first-order valence-electron chi connectivity index (χ1n) is 14.4. The fourth-order valence-electron chi connectivity index (χ4n) is 6.26. The minimum absolute atomic E-state index is 0.723. The molecule has 0 spiro atoms. The topological polar surface area (TPSA) is 38.7 Å². The summed E-state index contributed by atoms with van der Waals surface area (Å²) in [6.07, 6.45) is 0. The van der Waals surface area contributed by atoms with Gasteiger partial charge in [0.1, 0.15) is 0 Å². The average Bonchev–Trinajstić information content (AvgIpc) is 3.47. The van der Waals surface area contributed by atoms with E-state index in [-0.39, 0.29) is 0 Å². The lowest BCUT2D eigenvalue weighted by Crippen LogP contribution is -1.95. The van der Waals surface area contributed by atoms with E-state index in [1.165, 1.54) is 30.9 Å². The summed E-state index contributed by atoms with van der Waals surface area (Å²) in [6.45, 7) is 0. The quantitative estimate of drug-likeness (QED) is 0.200. The minimum Gasteiger partial charge on any atom is -0.247 e. The number of thiophene rings is 1. The summed E-state index contributed by atoms with van der Waals surface area (Å²) >= 11 is 1.87. The number of para-hydroxylation sites is 2. The molecule has 0 radical (unpaired) electrons. The Hall–Kier alpha value is -5.45. The molecule has 0 bridgehead atoms. The van der Waals surface area contributed by atoms with E-state index in [2.05, 4.69) is 115 Å². The summed E-state index contributed by atoms with van der Waals surface area (Å²) in [5.41, 5.74) is 6.94. The molecule has 0 aliphatic heterocycles.